The summed E-state index contributed by atoms with van der Waals surface area (Å²) < 4.78 is 5.14. The van der Waals surface area contributed by atoms with E-state index in [2.05, 4.69) is 5.32 Å². The Kier molecular flexibility index (Phi) is 5.14. The number of nitrogens with two attached hydrogens (primary N) is 1. The Labute approximate surface area is 100 Å². The van der Waals surface area contributed by atoms with Gasteiger partial charge in [0.05, 0.1) is 7.11 Å². The SMILES string of the molecule is CCSC(=N)Nc1cc(OC)ccc1CN. The quantitative estimate of drug-likeness (QED) is 0.556. The van der Waals surface area contributed by atoms with Gasteiger partial charge in [0.1, 0.15) is 5.75 Å². The minimum Gasteiger partial charge on any atom is -0.497 e. The summed E-state index contributed by atoms with van der Waals surface area (Å²) in [5, 5.41) is 11.1. The molecule has 0 fully saturated rings. The summed E-state index contributed by atoms with van der Waals surface area (Å²) in [5.74, 6) is 1.63. The minimum absolute atomic E-state index is 0.422. The van der Waals surface area contributed by atoms with E-state index in [1.165, 1.54) is 11.8 Å². The van der Waals surface area contributed by atoms with Crippen LogP contribution in [-0.4, -0.2) is 18.0 Å². The molecule has 4 N–H and O–H groups in total. The number of hydrogen-bond acceptors (Lipinski definition) is 4. The van der Waals surface area contributed by atoms with Crippen LogP contribution in [0.25, 0.3) is 0 Å². The van der Waals surface area contributed by atoms with E-state index in [-0.39, 0.29) is 0 Å². The maximum Gasteiger partial charge on any atom is 0.158 e. The smallest absolute Gasteiger partial charge is 0.158 e. The molecule has 0 spiro atoms. The highest BCUT2D eigenvalue weighted by Crippen LogP contribution is 2.23. The van der Waals surface area contributed by atoms with E-state index in [1.54, 1.807) is 7.11 Å². The van der Waals surface area contributed by atoms with Crippen LogP contribution in [-0.2, 0) is 6.54 Å². The monoisotopic (exact) mass is 239 g/mol. The molecule has 1 aromatic carbocycles. The molecule has 0 atom stereocenters. The van der Waals surface area contributed by atoms with Crippen LogP contribution in [0.2, 0.25) is 0 Å². The number of methoxy groups -OCH3 is 1. The van der Waals surface area contributed by atoms with E-state index < -0.39 is 0 Å². The van der Waals surface area contributed by atoms with Crippen LogP contribution < -0.4 is 15.8 Å². The summed E-state index contributed by atoms with van der Waals surface area (Å²) >= 11 is 1.45. The Morgan fingerprint density at radius 3 is 2.88 bits per heavy atom. The summed E-state index contributed by atoms with van der Waals surface area (Å²) in [6.45, 7) is 2.45. The number of hydrogen-bond donors (Lipinski definition) is 3. The number of nitrogens with one attached hydrogen (secondary N) is 2. The van der Waals surface area contributed by atoms with Crippen LogP contribution in [0.4, 0.5) is 5.69 Å². The van der Waals surface area contributed by atoms with Crippen molar-refractivity contribution in [1.29, 1.82) is 5.41 Å². The van der Waals surface area contributed by atoms with Gasteiger partial charge in [-0.05, 0) is 17.4 Å². The first kappa shape index (κ1) is 12.9. The van der Waals surface area contributed by atoms with Gasteiger partial charge in [-0.2, -0.15) is 0 Å². The van der Waals surface area contributed by atoms with Gasteiger partial charge in [0.25, 0.3) is 0 Å². The van der Waals surface area contributed by atoms with Crippen molar-refractivity contribution in [2.24, 2.45) is 5.73 Å². The molecule has 0 bridgehead atoms. The molecule has 88 valence electrons. The maximum absolute atomic E-state index is 7.70. The van der Waals surface area contributed by atoms with Crippen LogP contribution >= 0.6 is 11.8 Å². The predicted octanol–water partition coefficient (Wildman–Crippen LogP) is 2.25. The number of anilines is 1. The standard InChI is InChI=1S/C11H17N3OS/c1-3-16-11(13)14-10-6-9(15-2)5-4-8(10)7-12/h4-6H,3,7,12H2,1-2H3,(H2,13,14). The molecular formula is C11H17N3OS. The van der Waals surface area contributed by atoms with Gasteiger partial charge >= 0.3 is 0 Å². The lowest BCUT2D eigenvalue weighted by molar-refractivity contribution is 0.415. The fourth-order valence-corrected chi connectivity index (χ4v) is 1.75. The molecule has 4 nitrogen and oxygen atoms in total. The normalized spacial score (nSPS) is 9.94. The van der Waals surface area contributed by atoms with Gasteiger partial charge in [-0.1, -0.05) is 24.8 Å². The van der Waals surface area contributed by atoms with E-state index in [0.717, 1.165) is 22.8 Å². The topological polar surface area (TPSA) is 71.1 Å². The molecule has 0 saturated heterocycles. The third-order valence-corrected chi connectivity index (χ3v) is 2.75. The second-order valence-corrected chi connectivity index (χ2v) is 4.39. The van der Waals surface area contributed by atoms with Crippen molar-refractivity contribution in [3.05, 3.63) is 23.8 Å². The molecule has 0 aliphatic carbocycles. The maximum atomic E-state index is 7.70. The average Bonchev–Trinajstić information content (AvgIpc) is 2.29. The van der Waals surface area contributed by atoms with Gasteiger partial charge < -0.3 is 15.8 Å². The summed E-state index contributed by atoms with van der Waals surface area (Å²) in [6, 6.07) is 5.63. The lowest BCUT2D eigenvalue weighted by Gasteiger charge is -2.12. The number of thioether (sulfide) groups is 1. The molecule has 0 aliphatic heterocycles. The van der Waals surface area contributed by atoms with Crippen molar-refractivity contribution in [2.45, 2.75) is 13.5 Å². The van der Waals surface area contributed by atoms with Crippen LogP contribution in [0.1, 0.15) is 12.5 Å². The van der Waals surface area contributed by atoms with Crippen LogP contribution in [0.5, 0.6) is 5.75 Å². The Bertz CT molecular complexity index is 368. The van der Waals surface area contributed by atoms with Crippen molar-refractivity contribution in [3.8, 4) is 5.75 Å². The van der Waals surface area contributed by atoms with Crippen molar-refractivity contribution in [1.82, 2.24) is 0 Å². The molecule has 1 aromatic rings. The lowest BCUT2D eigenvalue weighted by atomic mass is 10.1. The van der Waals surface area contributed by atoms with Crippen LogP contribution in [0.3, 0.4) is 0 Å². The zero-order valence-corrected chi connectivity index (χ0v) is 10.4. The Morgan fingerprint density at radius 2 is 2.31 bits per heavy atom. The van der Waals surface area contributed by atoms with Gasteiger partial charge in [-0.15, -0.1) is 0 Å². The number of amidine groups is 1. The Balaban J connectivity index is 2.86. The molecule has 0 amide bonds. The molecule has 5 heteroatoms. The van der Waals surface area contributed by atoms with E-state index >= 15 is 0 Å². The van der Waals surface area contributed by atoms with Gasteiger partial charge in [0.2, 0.25) is 0 Å². The molecule has 0 aliphatic rings. The highest BCUT2D eigenvalue weighted by atomic mass is 32.2. The number of rotatable bonds is 4. The summed E-state index contributed by atoms with van der Waals surface area (Å²) in [7, 11) is 1.62. The Hall–Kier alpha value is -1.20. The third-order valence-electron chi connectivity index (χ3n) is 2.07. The minimum atomic E-state index is 0.422. The van der Waals surface area contributed by atoms with Gasteiger partial charge in [-0.3, -0.25) is 5.41 Å². The fraction of sp³-hybridized carbons (Fsp3) is 0.364. The van der Waals surface area contributed by atoms with Crippen LogP contribution in [0.15, 0.2) is 18.2 Å². The van der Waals surface area contributed by atoms with Gasteiger partial charge in [-0.25, -0.2) is 0 Å². The molecule has 0 aromatic heterocycles. The molecule has 0 saturated carbocycles. The molecule has 0 unspecified atom stereocenters. The second-order valence-electron chi connectivity index (χ2n) is 3.11. The Morgan fingerprint density at radius 1 is 1.56 bits per heavy atom. The van der Waals surface area contributed by atoms with E-state index in [0.29, 0.717) is 11.7 Å². The predicted molar refractivity (Wildman–Crippen MR) is 70.4 cm³/mol. The second kappa shape index (κ2) is 6.40. The first-order valence-electron chi connectivity index (χ1n) is 5.06. The van der Waals surface area contributed by atoms with Crippen molar-refractivity contribution in [2.75, 3.05) is 18.2 Å². The molecule has 1 rings (SSSR count). The van der Waals surface area contributed by atoms with Crippen molar-refractivity contribution in [3.63, 3.8) is 0 Å². The fourth-order valence-electron chi connectivity index (χ4n) is 1.28. The van der Waals surface area contributed by atoms with Crippen LogP contribution in [0, 0.1) is 5.41 Å². The highest BCUT2D eigenvalue weighted by molar-refractivity contribution is 8.14. The lowest BCUT2D eigenvalue weighted by Crippen LogP contribution is -2.10. The zero-order chi connectivity index (χ0) is 12.0. The summed E-state index contributed by atoms with van der Waals surface area (Å²) in [5.41, 5.74) is 7.45. The number of ether oxygens (including phenoxy) is 1. The molecule has 0 radical (unpaired) electrons. The number of benzene rings is 1. The average molecular weight is 239 g/mol. The van der Waals surface area contributed by atoms with Crippen molar-refractivity contribution >= 4 is 22.6 Å². The third kappa shape index (κ3) is 3.43. The molecule has 16 heavy (non-hydrogen) atoms. The summed E-state index contributed by atoms with van der Waals surface area (Å²) in [4.78, 5) is 0. The van der Waals surface area contributed by atoms with Gasteiger partial charge in [0.15, 0.2) is 5.17 Å². The van der Waals surface area contributed by atoms with E-state index in [4.69, 9.17) is 15.9 Å². The molecule has 0 heterocycles. The van der Waals surface area contributed by atoms with Crippen molar-refractivity contribution < 1.29 is 4.74 Å². The van der Waals surface area contributed by atoms with Gasteiger partial charge in [0, 0.05) is 18.3 Å². The zero-order valence-electron chi connectivity index (χ0n) is 9.54. The summed E-state index contributed by atoms with van der Waals surface area (Å²) in [6.07, 6.45) is 0. The first-order valence-corrected chi connectivity index (χ1v) is 6.05. The van der Waals surface area contributed by atoms with E-state index in [1.807, 2.05) is 25.1 Å². The first-order chi connectivity index (χ1) is 7.71. The highest BCUT2D eigenvalue weighted by Gasteiger charge is 2.05. The molecular weight excluding hydrogens is 222 g/mol. The largest absolute Gasteiger partial charge is 0.497 e. The van der Waals surface area contributed by atoms with E-state index in [9.17, 15) is 0 Å².